The quantitative estimate of drug-likeness (QED) is 0.691. The summed E-state index contributed by atoms with van der Waals surface area (Å²) in [6.07, 6.45) is -0.637. The zero-order chi connectivity index (χ0) is 15.7. The number of imidazole rings is 1. The number of H-pyrrole nitrogens is 1. The van der Waals surface area contributed by atoms with Crippen molar-refractivity contribution in [2.24, 2.45) is 0 Å². The topological polar surface area (TPSA) is 86.2 Å². The molecule has 3 aromatic rings. The highest BCUT2D eigenvalue weighted by Gasteiger charge is 2.09. The predicted octanol–water partition coefficient (Wildman–Crippen LogP) is 2.91. The lowest BCUT2D eigenvalue weighted by molar-refractivity contribution is -0.136. The van der Waals surface area contributed by atoms with Gasteiger partial charge in [-0.05, 0) is 35.7 Å². The number of nitrogens with one attached hydrogen (secondary N) is 1. The minimum atomic E-state index is -0.845. The van der Waals surface area contributed by atoms with E-state index in [4.69, 9.17) is 5.11 Å². The van der Waals surface area contributed by atoms with Crippen molar-refractivity contribution >= 4 is 17.0 Å². The number of rotatable bonds is 4. The molecule has 0 bridgehead atoms. The van der Waals surface area contributed by atoms with Gasteiger partial charge < -0.3 is 15.2 Å². The highest BCUT2D eigenvalue weighted by Crippen LogP contribution is 2.25. The number of benzene rings is 2. The van der Waals surface area contributed by atoms with E-state index in [0.29, 0.717) is 5.82 Å². The highest BCUT2D eigenvalue weighted by molar-refractivity contribution is 5.82. The standard InChI is InChI=1S/C17H16N2O3/c1-10(20)17-18-14-6-5-13(9-15(14)19-17)12-4-2-3-11(7-12)8-16(21)22/h2-7,9-10,20H,8H2,1H3,(H,18,19)(H,21,22). The number of carboxylic acids is 1. The van der Waals surface area contributed by atoms with E-state index < -0.39 is 12.1 Å². The van der Waals surface area contributed by atoms with Gasteiger partial charge in [-0.15, -0.1) is 0 Å². The zero-order valence-electron chi connectivity index (χ0n) is 12.1. The third-order valence-electron chi connectivity index (χ3n) is 3.51. The average molecular weight is 296 g/mol. The first-order chi connectivity index (χ1) is 10.5. The summed E-state index contributed by atoms with van der Waals surface area (Å²) in [4.78, 5) is 18.2. The molecular formula is C17H16N2O3. The van der Waals surface area contributed by atoms with Gasteiger partial charge in [-0.2, -0.15) is 0 Å². The molecule has 0 aliphatic carbocycles. The van der Waals surface area contributed by atoms with Crippen molar-refractivity contribution in [1.82, 2.24) is 9.97 Å². The molecule has 3 rings (SSSR count). The van der Waals surface area contributed by atoms with E-state index >= 15 is 0 Å². The first kappa shape index (κ1) is 14.3. The van der Waals surface area contributed by atoms with E-state index in [1.54, 1.807) is 13.0 Å². The molecule has 1 heterocycles. The van der Waals surface area contributed by atoms with Gasteiger partial charge in [0.1, 0.15) is 11.9 Å². The SMILES string of the molecule is CC(O)c1nc2ccc(-c3cccc(CC(=O)O)c3)cc2[nH]1. The molecule has 0 radical (unpaired) electrons. The highest BCUT2D eigenvalue weighted by atomic mass is 16.4. The van der Waals surface area contributed by atoms with Gasteiger partial charge >= 0.3 is 5.97 Å². The summed E-state index contributed by atoms with van der Waals surface area (Å²) in [7, 11) is 0. The van der Waals surface area contributed by atoms with Crippen LogP contribution in [0.5, 0.6) is 0 Å². The molecule has 112 valence electrons. The van der Waals surface area contributed by atoms with Crippen LogP contribution in [-0.2, 0) is 11.2 Å². The Labute approximate surface area is 127 Å². The molecule has 1 atom stereocenters. The van der Waals surface area contributed by atoms with Crippen molar-refractivity contribution in [3.8, 4) is 11.1 Å². The second kappa shape index (κ2) is 5.61. The van der Waals surface area contributed by atoms with Crippen molar-refractivity contribution in [3.63, 3.8) is 0 Å². The number of aliphatic hydroxyl groups is 1. The van der Waals surface area contributed by atoms with Crippen molar-refractivity contribution in [2.45, 2.75) is 19.4 Å². The fourth-order valence-electron chi connectivity index (χ4n) is 2.44. The number of aliphatic carboxylic acids is 1. The summed E-state index contributed by atoms with van der Waals surface area (Å²) in [5.41, 5.74) is 4.33. The molecule has 0 spiro atoms. The Kier molecular flexibility index (Phi) is 3.65. The molecule has 3 N–H and O–H groups in total. The first-order valence-electron chi connectivity index (χ1n) is 7.02. The Morgan fingerprint density at radius 1 is 1.23 bits per heavy atom. The Hall–Kier alpha value is -2.66. The predicted molar refractivity (Wildman–Crippen MR) is 83.5 cm³/mol. The van der Waals surface area contributed by atoms with Gasteiger partial charge in [-0.25, -0.2) is 4.98 Å². The lowest BCUT2D eigenvalue weighted by atomic mass is 10.0. The monoisotopic (exact) mass is 296 g/mol. The lowest BCUT2D eigenvalue weighted by Gasteiger charge is -2.04. The van der Waals surface area contributed by atoms with Crippen LogP contribution in [0.25, 0.3) is 22.2 Å². The fourth-order valence-corrected chi connectivity index (χ4v) is 2.44. The van der Waals surface area contributed by atoms with E-state index in [1.165, 1.54) is 0 Å². The Morgan fingerprint density at radius 2 is 2.00 bits per heavy atom. The van der Waals surface area contributed by atoms with Gasteiger partial charge in [0.05, 0.1) is 17.5 Å². The summed E-state index contributed by atoms with van der Waals surface area (Å²) in [6, 6.07) is 13.3. The van der Waals surface area contributed by atoms with Crippen molar-refractivity contribution < 1.29 is 15.0 Å². The average Bonchev–Trinajstić information content (AvgIpc) is 2.90. The van der Waals surface area contributed by atoms with Crippen molar-refractivity contribution in [3.05, 3.63) is 53.9 Å². The number of nitrogens with zero attached hydrogens (tertiary/aromatic N) is 1. The summed E-state index contributed by atoms with van der Waals surface area (Å²) < 4.78 is 0. The normalized spacial score (nSPS) is 12.5. The lowest BCUT2D eigenvalue weighted by Crippen LogP contribution is -1.99. The second-order valence-corrected chi connectivity index (χ2v) is 5.30. The van der Waals surface area contributed by atoms with Crippen LogP contribution in [0.15, 0.2) is 42.5 Å². The Balaban J connectivity index is 2.00. The maximum Gasteiger partial charge on any atom is 0.307 e. The van der Waals surface area contributed by atoms with Gasteiger partial charge in [0.2, 0.25) is 0 Å². The molecule has 22 heavy (non-hydrogen) atoms. The van der Waals surface area contributed by atoms with Gasteiger partial charge in [0, 0.05) is 0 Å². The van der Waals surface area contributed by atoms with E-state index in [1.807, 2.05) is 36.4 Å². The smallest absolute Gasteiger partial charge is 0.307 e. The molecule has 0 amide bonds. The molecule has 0 saturated carbocycles. The fraction of sp³-hybridized carbons (Fsp3) is 0.176. The molecule has 0 aliphatic rings. The van der Waals surface area contributed by atoms with Crippen LogP contribution >= 0.6 is 0 Å². The number of hydrogen-bond donors (Lipinski definition) is 3. The van der Waals surface area contributed by atoms with E-state index in [9.17, 15) is 9.90 Å². The van der Waals surface area contributed by atoms with Crippen LogP contribution in [0.2, 0.25) is 0 Å². The minimum absolute atomic E-state index is 0.00627. The number of aliphatic hydroxyl groups excluding tert-OH is 1. The largest absolute Gasteiger partial charge is 0.481 e. The molecule has 0 saturated heterocycles. The van der Waals surface area contributed by atoms with Crippen LogP contribution in [0.3, 0.4) is 0 Å². The molecule has 0 aliphatic heterocycles. The van der Waals surface area contributed by atoms with Gasteiger partial charge in [-0.1, -0.05) is 30.3 Å². The summed E-state index contributed by atoms with van der Waals surface area (Å²) in [5, 5.41) is 18.5. The maximum atomic E-state index is 10.8. The van der Waals surface area contributed by atoms with Gasteiger partial charge in [0.15, 0.2) is 0 Å². The number of carbonyl (C=O) groups is 1. The maximum absolute atomic E-state index is 10.8. The zero-order valence-corrected chi connectivity index (χ0v) is 12.1. The molecule has 1 aromatic heterocycles. The third kappa shape index (κ3) is 2.84. The summed E-state index contributed by atoms with van der Waals surface area (Å²) in [5.74, 6) is -0.311. The molecular weight excluding hydrogens is 280 g/mol. The molecule has 5 heteroatoms. The number of hydrogen-bond acceptors (Lipinski definition) is 3. The molecule has 1 unspecified atom stereocenters. The third-order valence-corrected chi connectivity index (χ3v) is 3.51. The number of fused-ring (bicyclic) bond motifs is 1. The number of aromatic amines is 1. The van der Waals surface area contributed by atoms with E-state index in [-0.39, 0.29) is 6.42 Å². The summed E-state index contributed by atoms with van der Waals surface area (Å²) in [6.45, 7) is 1.66. The molecule has 5 nitrogen and oxygen atoms in total. The minimum Gasteiger partial charge on any atom is -0.481 e. The van der Waals surface area contributed by atoms with Crippen LogP contribution in [-0.4, -0.2) is 26.2 Å². The molecule has 0 fully saturated rings. The summed E-state index contributed by atoms with van der Waals surface area (Å²) >= 11 is 0. The number of carboxylic acid groups (broad SMARTS) is 1. The van der Waals surface area contributed by atoms with Crippen molar-refractivity contribution in [1.29, 1.82) is 0 Å². The Bertz CT molecular complexity index is 837. The van der Waals surface area contributed by atoms with Gasteiger partial charge in [-0.3, -0.25) is 4.79 Å². The van der Waals surface area contributed by atoms with Crippen LogP contribution < -0.4 is 0 Å². The van der Waals surface area contributed by atoms with E-state index in [2.05, 4.69) is 9.97 Å². The number of aromatic nitrogens is 2. The second-order valence-electron chi connectivity index (χ2n) is 5.30. The van der Waals surface area contributed by atoms with E-state index in [0.717, 1.165) is 27.7 Å². The Morgan fingerprint density at radius 3 is 2.73 bits per heavy atom. The van der Waals surface area contributed by atoms with Crippen LogP contribution in [0, 0.1) is 0 Å². The van der Waals surface area contributed by atoms with Crippen molar-refractivity contribution in [2.75, 3.05) is 0 Å². The molecule has 2 aromatic carbocycles. The first-order valence-corrected chi connectivity index (χ1v) is 7.02. The van der Waals surface area contributed by atoms with Crippen LogP contribution in [0.4, 0.5) is 0 Å². The van der Waals surface area contributed by atoms with Gasteiger partial charge in [0.25, 0.3) is 0 Å². The van der Waals surface area contributed by atoms with Crippen LogP contribution in [0.1, 0.15) is 24.4 Å².